The van der Waals surface area contributed by atoms with E-state index in [-0.39, 0.29) is 17.9 Å². The lowest BCUT2D eigenvalue weighted by atomic mass is 9.85. The molecule has 2 aromatic rings. The Labute approximate surface area is 168 Å². The summed E-state index contributed by atoms with van der Waals surface area (Å²) in [4.78, 5) is 3.53. The smallest absolute Gasteiger partial charge is 0.206 e. The number of ether oxygens (including phenoxy) is 1. The van der Waals surface area contributed by atoms with E-state index >= 15 is 0 Å². The molecule has 28 heavy (non-hydrogen) atoms. The molecule has 0 heterocycles. The van der Waals surface area contributed by atoms with Crippen molar-refractivity contribution in [2.45, 2.75) is 26.2 Å². The van der Waals surface area contributed by atoms with Crippen LogP contribution in [0.2, 0.25) is 0 Å². The van der Waals surface area contributed by atoms with Gasteiger partial charge < -0.3 is 9.84 Å². The summed E-state index contributed by atoms with van der Waals surface area (Å²) in [5, 5.41) is 10.4. The van der Waals surface area contributed by atoms with Gasteiger partial charge in [0.15, 0.2) is 17.4 Å². The molecule has 0 fully saturated rings. The van der Waals surface area contributed by atoms with Crippen molar-refractivity contribution >= 4 is 27.8 Å². The molecule has 1 N–H and O–H groups in total. The van der Waals surface area contributed by atoms with Gasteiger partial charge in [-0.3, -0.25) is 0 Å². The first-order valence-corrected chi connectivity index (χ1v) is 8.95. The quantitative estimate of drug-likeness (QED) is 0.246. The lowest BCUT2D eigenvalue weighted by Crippen LogP contribution is -2.12. The van der Waals surface area contributed by atoms with Crippen molar-refractivity contribution in [2.75, 3.05) is 6.61 Å². The molecule has 3 nitrogen and oxygen atoms in total. The largest absolute Gasteiger partial charge is 0.507 e. The number of aliphatic imine (C=N–C) groups is 1. The number of benzene rings is 2. The average Bonchev–Trinajstić information content (AvgIpc) is 2.61. The van der Waals surface area contributed by atoms with Crippen LogP contribution >= 0.6 is 15.9 Å². The number of nitrogens with zero attached hydrogens (tertiary/aromatic N) is 1. The van der Waals surface area contributed by atoms with Crippen LogP contribution in [0.25, 0.3) is 0 Å². The number of phenolic OH excluding ortho intramolecular Hbond substituents is 1. The monoisotopic (exact) mass is 459 g/mol. The van der Waals surface area contributed by atoms with E-state index in [0.29, 0.717) is 10.0 Å². The van der Waals surface area contributed by atoms with Crippen molar-refractivity contribution < 1.29 is 27.4 Å². The summed E-state index contributed by atoms with van der Waals surface area (Å²) in [6.45, 7) is 8.54. The van der Waals surface area contributed by atoms with Crippen LogP contribution < -0.4 is 4.74 Å². The van der Waals surface area contributed by atoms with E-state index in [4.69, 9.17) is 0 Å². The molecule has 0 bridgehead atoms. The number of hydrogen-bond donors (Lipinski definition) is 1. The highest BCUT2D eigenvalue weighted by Gasteiger charge is 2.27. The minimum Gasteiger partial charge on any atom is -0.507 e. The van der Waals surface area contributed by atoms with Gasteiger partial charge in [-0.05, 0) is 17.5 Å². The molecule has 0 radical (unpaired) electrons. The molecule has 0 unspecified atom stereocenters. The molecule has 150 valence electrons. The molecule has 0 atom stereocenters. The van der Waals surface area contributed by atoms with Crippen LogP contribution in [0, 0.1) is 23.3 Å². The first kappa shape index (κ1) is 21.9. The molecule has 0 aliphatic carbocycles. The van der Waals surface area contributed by atoms with Crippen LogP contribution in [-0.2, 0) is 5.41 Å². The maximum absolute atomic E-state index is 14.2. The van der Waals surface area contributed by atoms with Gasteiger partial charge in [0.2, 0.25) is 11.6 Å². The highest BCUT2D eigenvalue weighted by Crippen LogP contribution is 2.37. The van der Waals surface area contributed by atoms with Gasteiger partial charge in [0.05, 0.1) is 0 Å². The Balaban J connectivity index is 2.57. The molecule has 0 aliphatic rings. The maximum atomic E-state index is 14.2. The van der Waals surface area contributed by atoms with E-state index < -0.39 is 40.1 Å². The molecular weight excluding hydrogens is 442 g/mol. The first-order chi connectivity index (χ1) is 13.0. The van der Waals surface area contributed by atoms with Gasteiger partial charge in [0.25, 0.3) is 0 Å². The van der Waals surface area contributed by atoms with Gasteiger partial charge in [0, 0.05) is 21.8 Å². The Hall–Kier alpha value is -2.35. The van der Waals surface area contributed by atoms with Crippen molar-refractivity contribution in [1.82, 2.24) is 0 Å². The Morgan fingerprint density at radius 1 is 1.11 bits per heavy atom. The standard InChI is InChI=1S/C20H18BrF4NO2/c1-5-6-28-19-15(24)13(22)17(14(23)16(19)25)26-9-10-7-11(21)8-12(18(10)27)20(2,3)4/h5,7-9,27H,1,6H2,2-4H3. The minimum atomic E-state index is -1.71. The third-order valence-electron chi connectivity index (χ3n) is 3.79. The van der Waals surface area contributed by atoms with E-state index in [2.05, 4.69) is 32.2 Å². The fraction of sp³-hybridized carbons (Fsp3) is 0.250. The fourth-order valence-corrected chi connectivity index (χ4v) is 2.88. The Morgan fingerprint density at radius 2 is 1.68 bits per heavy atom. The zero-order valence-electron chi connectivity index (χ0n) is 15.4. The highest BCUT2D eigenvalue weighted by molar-refractivity contribution is 9.10. The van der Waals surface area contributed by atoms with Crippen molar-refractivity contribution in [2.24, 2.45) is 4.99 Å². The first-order valence-electron chi connectivity index (χ1n) is 8.15. The Morgan fingerprint density at radius 3 is 2.18 bits per heavy atom. The summed E-state index contributed by atoms with van der Waals surface area (Å²) in [6.07, 6.45) is 2.10. The van der Waals surface area contributed by atoms with Gasteiger partial charge in [-0.2, -0.15) is 8.78 Å². The van der Waals surface area contributed by atoms with Gasteiger partial charge in [-0.25, -0.2) is 13.8 Å². The normalized spacial score (nSPS) is 11.9. The Bertz CT molecular complexity index is 923. The molecule has 0 aromatic heterocycles. The van der Waals surface area contributed by atoms with E-state index in [1.54, 1.807) is 6.07 Å². The average molecular weight is 460 g/mol. The molecule has 0 amide bonds. The van der Waals surface area contributed by atoms with Crippen molar-refractivity contribution in [3.8, 4) is 11.5 Å². The van der Waals surface area contributed by atoms with Gasteiger partial charge in [0.1, 0.15) is 18.0 Å². The summed E-state index contributed by atoms with van der Waals surface area (Å²) in [5.41, 5.74) is -0.937. The second-order valence-corrected chi connectivity index (χ2v) is 7.85. The predicted molar refractivity (Wildman–Crippen MR) is 104 cm³/mol. The lowest BCUT2D eigenvalue weighted by Gasteiger charge is -2.21. The number of rotatable bonds is 5. The summed E-state index contributed by atoms with van der Waals surface area (Å²) in [6, 6.07) is 3.15. The van der Waals surface area contributed by atoms with Crippen molar-refractivity contribution in [1.29, 1.82) is 0 Å². The van der Waals surface area contributed by atoms with Gasteiger partial charge in [-0.15, -0.1) is 0 Å². The third kappa shape index (κ3) is 4.38. The van der Waals surface area contributed by atoms with Crippen LogP contribution in [0.15, 0.2) is 34.3 Å². The zero-order valence-corrected chi connectivity index (χ0v) is 17.0. The summed E-state index contributed by atoms with van der Waals surface area (Å²) < 4.78 is 61.7. The molecule has 0 saturated carbocycles. The summed E-state index contributed by atoms with van der Waals surface area (Å²) in [5.74, 6) is -8.18. The van der Waals surface area contributed by atoms with Gasteiger partial charge in [-0.1, -0.05) is 49.4 Å². The predicted octanol–water partition coefficient (Wildman–Crippen LogP) is 6.32. The molecule has 2 rings (SSSR count). The number of aromatic hydroxyl groups is 1. The maximum Gasteiger partial charge on any atom is 0.206 e. The molecule has 0 aliphatic heterocycles. The minimum absolute atomic E-state index is 0.117. The topological polar surface area (TPSA) is 41.8 Å². The van der Waals surface area contributed by atoms with E-state index in [1.807, 2.05) is 20.8 Å². The molecule has 8 heteroatoms. The molecule has 0 saturated heterocycles. The summed E-state index contributed by atoms with van der Waals surface area (Å²) >= 11 is 3.29. The molecule has 2 aromatic carbocycles. The van der Waals surface area contributed by atoms with Crippen LogP contribution in [-0.4, -0.2) is 17.9 Å². The molecule has 0 spiro atoms. The van der Waals surface area contributed by atoms with E-state index in [9.17, 15) is 22.7 Å². The summed E-state index contributed by atoms with van der Waals surface area (Å²) in [7, 11) is 0. The van der Waals surface area contributed by atoms with Crippen molar-refractivity contribution in [3.05, 3.63) is 63.7 Å². The van der Waals surface area contributed by atoms with Crippen LogP contribution in [0.3, 0.4) is 0 Å². The van der Waals surface area contributed by atoms with E-state index in [0.717, 1.165) is 6.21 Å². The number of hydrogen-bond acceptors (Lipinski definition) is 3. The SMILES string of the molecule is C=CCOc1c(F)c(F)c(N=Cc2cc(Br)cc(C(C)(C)C)c2O)c(F)c1F. The second-order valence-electron chi connectivity index (χ2n) is 6.93. The van der Waals surface area contributed by atoms with Crippen LogP contribution in [0.5, 0.6) is 11.5 Å². The third-order valence-corrected chi connectivity index (χ3v) is 4.25. The van der Waals surface area contributed by atoms with E-state index in [1.165, 1.54) is 12.1 Å². The van der Waals surface area contributed by atoms with Crippen LogP contribution in [0.1, 0.15) is 31.9 Å². The van der Waals surface area contributed by atoms with Crippen molar-refractivity contribution in [3.63, 3.8) is 0 Å². The number of halogens is 5. The highest BCUT2D eigenvalue weighted by atomic mass is 79.9. The second kappa shape index (κ2) is 8.34. The molecular formula is C20H18BrF4NO2. The lowest BCUT2D eigenvalue weighted by molar-refractivity contribution is 0.303. The Kier molecular flexibility index (Phi) is 6.54. The van der Waals surface area contributed by atoms with Crippen LogP contribution in [0.4, 0.5) is 23.2 Å². The fourth-order valence-electron chi connectivity index (χ4n) is 2.41. The van der Waals surface area contributed by atoms with Gasteiger partial charge >= 0.3 is 0 Å². The zero-order chi connectivity index (χ0) is 21.2. The number of phenols is 1.